The number of rotatable bonds is 4. The van der Waals surface area contributed by atoms with Gasteiger partial charge in [0.15, 0.2) is 5.54 Å². The van der Waals surface area contributed by atoms with Gasteiger partial charge >= 0.3 is 11.9 Å². The highest BCUT2D eigenvalue weighted by Gasteiger charge is 2.39. The molecule has 0 aliphatic heterocycles. The van der Waals surface area contributed by atoms with Crippen molar-refractivity contribution in [1.82, 2.24) is 4.90 Å². The van der Waals surface area contributed by atoms with Crippen LogP contribution < -0.4 is 0 Å². The number of hydrogen-bond donors (Lipinski definition) is 0. The molecule has 0 spiro atoms. The van der Waals surface area contributed by atoms with Gasteiger partial charge in [0.2, 0.25) is 0 Å². The molecule has 5 heteroatoms. The third kappa shape index (κ3) is 6.09. The summed E-state index contributed by atoms with van der Waals surface area (Å²) in [6.07, 6.45) is 1.08. The highest BCUT2D eigenvalue weighted by atomic mass is 16.5. The fraction of sp³-hybridized carbons (Fsp3) is 0.231. The Bertz CT molecular complexity index is 1080. The Morgan fingerprint density at radius 1 is 0.871 bits per heavy atom. The Labute approximate surface area is 183 Å². The summed E-state index contributed by atoms with van der Waals surface area (Å²) in [5.41, 5.74) is 1.14. The fourth-order valence-corrected chi connectivity index (χ4v) is 2.71. The van der Waals surface area contributed by atoms with Crippen LogP contribution in [0.3, 0.4) is 0 Å². The molecular formula is C26H25NO4. The van der Waals surface area contributed by atoms with Gasteiger partial charge in [0.1, 0.15) is 0 Å². The van der Waals surface area contributed by atoms with Crippen LogP contribution in [0.2, 0.25) is 0 Å². The maximum absolute atomic E-state index is 12.7. The van der Waals surface area contributed by atoms with Gasteiger partial charge in [0, 0.05) is 17.2 Å². The number of likely N-dealkylation sites (N-methyl/N-ethyl adjacent to an activating group) is 1. The maximum Gasteiger partial charge on any atom is 0.337 e. The minimum Gasteiger partial charge on any atom is -0.466 e. The van der Waals surface area contributed by atoms with Crippen molar-refractivity contribution < 1.29 is 19.1 Å². The summed E-state index contributed by atoms with van der Waals surface area (Å²) in [4.78, 5) is 26.5. The van der Waals surface area contributed by atoms with Gasteiger partial charge in [0.05, 0.1) is 19.8 Å². The predicted octanol–water partition coefficient (Wildman–Crippen LogP) is 2.97. The van der Waals surface area contributed by atoms with Crippen LogP contribution in [0.4, 0.5) is 0 Å². The van der Waals surface area contributed by atoms with Crippen molar-refractivity contribution in [2.75, 3.05) is 28.3 Å². The van der Waals surface area contributed by atoms with Gasteiger partial charge in [-0.2, -0.15) is 0 Å². The molecule has 2 aromatic rings. The standard InChI is InChI=1S/C26H25NO4/c1-20-11-13-22(14-12-20)16-18-26(27(2)3,17-15-21-9-7-6-8-10-21)23(25(29)31-5)19-24(28)30-4/h6-14,19H,1-5H3/b23-19+. The van der Waals surface area contributed by atoms with Gasteiger partial charge in [-0.15, -0.1) is 0 Å². The molecule has 0 bridgehead atoms. The monoisotopic (exact) mass is 415 g/mol. The molecule has 1 atom stereocenters. The lowest BCUT2D eigenvalue weighted by Crippen LogP contribution is -2.46. The van der Waals surface area contributed by atoms with Crippen molar-refractivity contribution in [1.29, 1.82) is 0 Å². The van der Waals surface area contributed by atoms with Crippen LogP contribution in [0.1, 0.15) is 16.7 Å². The normalized spacial score (nSPS) is 12.5. The maximum atomic E-state index is 12.7. The topological polar surface area (TPSA) is 55.8 Å². The van der Waals surface area contributed by atoms with Crippen LogP contribution in [-0.2, 0) is 19.1 Å². The molecule has 0 saturated carbocycles. The summed E-state index contributed by atoms with van der Waals surface area (Å²) in [5, 5.41) is 0. The minimum atomic E-state index is -1.43. The molecule has 0 aliphatic rings. The Morgan fingerprint density at radius 2 is 1.42 bits per heavy atom. The van der Waals surface area contributed by atoms with E-state index in [1.807, 2.05) is 61.5 Å². The van der Waals surface area contributed by atoms with Crippen LogP contribution >= 0.6 is 0 Å². The summed E-state index contributed by atoms with van der Waals surface area (Å²) in [5.74, 6) is 10.9. The molecule has 0 amide bonds. The number of hydrogen-bond acceptors (Lipinski definition) is 5. The van der Waals surface area contributed by atoms with E-state index in [-0.39, 0.29) is 5.57 Å². The highest BCUT2D eigenvalue weighted by molar-refractivity contribution is 6.00. The third-order valence-electron chi connectivity index (χ3n) is 4.53. The number of ether oxygens (including phenoxy) is 2. The van der Waals surface area contributed by atoms with E-state index in [1.54, 1.807) is 19.0 Å². The summed E-state index contributed by atoms with van der Waals surface area (Å²) in [7, 11) is 5.94. The zero-order chi connectivity index (χ0) is 22.9. The van der Waals surface area contributed by atoms with Crippen molar-refractivity contribution in [3.05, 3.63) is 82.9 Å². The lowest BCUT2D eigenvalue weighted by molar-refractivity contribution is -0.139. The largest absolute Gasteiger partial charge is 0.466 e. The highest BCUT2D eigenvalue weighted by Crippen LogP contribution is 2.24. The lowest BCUT2D eigenvalue weighted by atomic mass is 9.87. The van der Waals surface area contributed by atoms with Gasteiger partial charge < -0.3 is 9.47 Å². The van der Waals surface area contributed by atoms with Crippen molar-refractivity contribution in [3.63, 3.8) is 0 Å². The summed E-state index contributed by atoms with van der Waals surface area (Å²) in [6.45, 7) is 1.99. The average molecular weight is 415 g/mol. The van der Waals surface area contributed by atoms with Gasteiger partial charge in [-0.05, 0) is 45.3 Å². The summed E-state index contributed by atoms with van der Waals surface area (Å²) in [6, 6.07) is 17.0. The number of benzene rings is 2. The number of aryl methyl sites for hydroxylation is 1. The number of esters is 2. The van der Waals surface area contributed by atoms with Gasteiger partial charge in [-0.1, -0.05) is 59.6 Å². The average Bonchev–Trinajstić information content (AvgIpc) is 2.79. The van der Waals surface area contributed by atoms with E-state index in [1.165, 1.54) is 14.2 Å². The Hall–Kier alpha value is -3.80. The quantitative estimate of drug-likeness (QED) is 0.437. The smallest absolute Gasteiger partial charge is 0.337 e. The first-order chi connectivity index (χ1) is 14.8. The van der Waals surface area contributed by atoms with E-state index < -0.39 is 17.5 Å². The number of carbonyl (C=O) groups is 2. The van der Waals surface area contributed by atoms with E-state index in [2.05, 4.69) is 23.7 Å². The number of methoxy groups -OCH3 is 2. The number of carbonyl (C=O) groups excluding carboxylic acids is 2. The SMILES string of the molecule is COC(=O)/C=C(\C(=O)OC)C(C#Cc1ccccc1)(C#Cc1ccc(C)cc1)N(C)C. The zero-order valence-corrected chi connectivity index (χ0v) is 18.4. The zero-order valence-electron chi connectivity index (χ0n) is 18.4. The second-order valence-electron chi connectivity index (χ2n) is 6.91. The second-order valence-corrected chi connectivity index (χ2v) is 6.91. The van der Waals surface area contributed by atoms with Crippen molar-refractivity contribution >= 4 is 11.9 Å². The molecule has 0 aromatic heterocycles. The molecular weight excluding hydrogens is 390 g/mol. The summed E-state index contributed by atoms with van der Waals surface area (Å²) >= 11 is 0. The van der Waals surface area contributed by atoms with Crippen LogP contribution in [0, 0.1) is 30.6 Å². The molecule has 0 radical (unpaired) electrons. The van der Waals surface area contributed by atoms with Crippen LogP contribution in [0.15, 0.2) is 66.2 Å². The molecule has 0 saturated heterocycles. The van der Waals surface area contributed by atoms with E-state index in [9.17, 15) is 9.59 Å². The van der Waals surface area contributed by atoms with Gasteiger partial charge in [0.25, 0.3) is 0 Å². The molecule has 0 heterocycles. The van der Waals surface area contributed by atoms with E-state index in [4.69, 9.17) is 9.47 Å². The van der Waals surface area contributed by atoms with Crippen LogP contribution in [0.5, 0.6) is 0 Å². The van der Waals surface area contributed by atoms with Crippen molar-refractivity contribution in [2.24, 2.45) is 0 Å². The Kier molecular flexibility index (Phi) is 8.20. The molecule has 2 aromatic carbocycles. The van der Waals surface area contributed by atoms with Gasteiger partial charge in [-0.3, -0.25) is 4.90 Å². The van der Waals surface area contributed by atoms with Gasteiger partial charge in [-0.25, -0.2) is 9.59 Å². The van der Waals surface area contributed by atoms with E-state index in [0.717, 1.165) is 22.8 Å². The van der Waals surface area contributed by atoms with Crippen LogP contribution in [-0.4, -0.2) is 50.7 Å². The molecule has 0 aliphatic carbocycles. The molecule has 0 N–H and O–H groups in total. The third-order valence-corrected chi connectivity index (χ3v) is 4.53. The first-order valence-electron chi connectivity index (χ1n) is 9.56. The Morgan fingerprint density at radius 3 is 1.90 bits per heavy atom. The van der Waals surface area contributed by atoms with E-state index >= 15 is 0 Å². The molecule has 5 nitrogen and oxygen atoms in total. The molecule has 158 valence electrons. The van der Waals surface area contributed by atoms with E-state index in [0.29, 0.717) is 0 Å². The van der Waals surface area contributed by atoms with Crippen LogP contribution in [0.25, 0.3) is 0 Å². The first kappa shape index (κ1) is 23.5. The first-order valence-corrected chi connectivity index (χ1v) is 9.56. The van der Waals surface area contributed by atoms with Crippen molar-refractivity contribution in [2.45, 2.75) is 12.5 Å². The second kappa shape index (κ2) is 10.8. The molecule has 0 fully saturated rings. The summed E-state index contributed by atoms with van der Waals surface area (Å²) < 4.78 is 9.71. The van der Waals surface area contributed by atoms with Crippen molar-refractivity contribution in [3.8, 4) is 23.7 Å². The Balaban J connectivity index is 2.78. The molecule has 1 unspecified atom stereocenters. The fourth-order valence-electron chi connectivity index (χ4n) is 2.71. The predicted molar refractivity (Wildman–Crippen MR) is 120 cm³/mol. The lowest BCUT2D eigenvalue weighted by Gasteiger charge is -2.31. The molecule has 31 heavy (non-hydrogen) atoms. The minimum absolute atomic E-state index is 0.0325. The number of nitrogens with zero attached hydrogens (tertiary/aromatic N) is 1. The molecule has 2 rings (SSSR count).